The van der Waals surface area contributed by atoms with Gasteiger partial charge in [-0.2, -0.15) is 0 Å². The van der Waals surface area contributed by atoms with E-state index in [2.05, 4.69) is 24.0 Å². The van der Waals surface area contributed by atoms with Gasteiger partial charge in [0, 0.05) is 0 Å². The van der Waals surface area contributed by atoms with Crippen molar-refractivity contribution in [1.29, 1.82) is 0 Å². The Morgan fingerprint density at radius 3 is 2.62 bits per heavy atom. The molecule has 0 heterocycles. The van der Waals surface area contributed by atoms with Crippen LogP contribution in [0.2, 0.25) is 0 Å². The molecule has 0 aromatic heterocycles. The van der Waals surface area contributed by atoms with Crippen molar-refractivity contribution >= 4 is 6.08 Å². The maximum atomic E-state index is 5.10. The summed E-state index contributed by atoms with van der Waals surface area (Å²) in [5.41, 5.74) is 5.61. The lowest BCUT2D eigenvalue weighted by molar-refractivity contribution is 0.415. The Balaban J connectivity index is 2.05. The fourth-order valence-electron chi connectivity index (χ4n) is 1.52. The molecule has 1 heteroatoms. The molecule has 1 nitrogen and oxygen atoms in total. The summed E-state index contributed by atoms with van der Waals surface area (Å²) in [7, 11) is 1.67. The van der Waals surface area contributed by atoms with E-state index in [1.54, 1.807) is 7.11 Å². The predicted octanol–water partition coefficient (Wildman–Crippen LogP) is 3.75. The van der Waals surface area contributed by atoms with E-state index in [1.807, 2.05) is 36.4 Å². The Morgan fingerprint density at radius 1 is 1.19 bits per heavy atom. The lowest BCUT2D eigenvalue weighted by Crippen LogP contribution is -1.80. The van der Waals surface area contributed by atoms with Crippen LogP contribution in [0.1, 0.15) is 12.0 Å². The van der Waals surface area contributed by atoms with Crippen LogP contribution in [0.4, 0.5) is 0 Å². The third-order valence-electron chi connectivity index (χ3n) is 2.43. The molecule has 0 amide bonds. The monoisotopic (exact) mass is 210 g/mol. The zero-order chi connectivity index (χ0) is 11.2. The molecular weight excluding hydrogens is 196 g/mol. The third kappa shape index (κ3) is 2.75. The summed E-state index contributed by atoms with van der Waals surface area (Å²) in [5, 5.41) is 0. The molecule has 1 aliphatic carbocycles. The lowest BCUT2D eigenvalue weighted by atomic mass is 10.2. The molecule has 0 atom stereocenters. The zero-order valence-corrected chi connectivity index (χ0v) is 9.31. The molecular formula is C15H14O. The Hall–Kier alpha value is -1.98. The van der Waals surface area contributed by atoms with Crippen molar-refractivity contribution in [3.05, 3.63) is 65.4 Å². The molecule has 16 heavy (non-hydrogen) atoms. The van der Waals surface area contributed by atoms with E-state index in [1.165, 1.54) is 5.57 Å². The Bertz CT molecular complexity index is 469. The second-order valence-corrected chi connectivity index (χ2v) is 3.60. The molecule has 0 N–H and O–H groups in total. The lowest BCUT2D eigenvalue weighted by Gasteiger charge is -1.97. The molecule has 0 bridgehead atoms. The summed E-state index contributed by atoms with van der Waals surface area (Å²) in [5.74, 6) is 0.879. The van der Waals surface area contributed by atoms with Gasteiger partial charge in [0.05, 0.1) is 7.11 Å². The van der Waals surface area contributed by atoms with Gasteiger partial charge in [-0.15, -0.1) is 5.73 Å². The van der Waals surface area contributed by atoms with E-state index in [-0.39, 0.29) is 0 Å². The van der Waals surface area contributed by atoms with Gasteiger partial charge in [-0.1, -0.05) is 30.4 Å². The molecule has 0 saturated carbocycles. The van der Waals surface area contributed by atoms with Gasteiger partial charge in [0.2, 0.25) is 0 Å². The minimum Gasteiger partial charge on any atom is -0.497 e. The molecule has 80 valence electrons. The largest absolute Gasteiger partial charge is 0.497 e. The van der Waals surface area contributed by atoms with E-state index in [9.17, 15) is 0 Å². The molecule has 0 spiro atoms. The number of benzene rings is 1. The maximum absolute atomic E-state index is 5.10. The van der Waals surface area contributed by atoms with Crippen LogP contribution in [-0.2, 0) is 0 Å². The van der Waals surface area contributed by atoms with Gasteiger partial charge in [-0.25, -0.2) is 0 Å². The fourth-order valence-corrected chi connectivity index (χ4v) is 1.52. The summed E-state index contributed by atoms with van der Waals surface area (Å²) < 4.78 is 5.10. The number of methoxy groups -OCH3 is 1. The van der Waals surface area contributed by atoms with Crippen molar-refractivity contribution in [1.82, 2.24) is 0 Å². The number of ether oxygens (including phenoxy) is 1. The van der Waals surface area contributed by atoms with Crippen LogP contribution >= 0.6 is 0 Å². The standard InChI is InChI=1S/C15H14O/c1-16-15-11-9-14(10-12-15)8-4-7-13-5-2-3-6-13/h2-3,5,7-12H,6H2,1H3. The smallest absolute Gasteiger partial charge is 0.118 e. The number of hydrogen-bond acceptors (Lipinski definition) is 1. The number of rotatable bonds is 3. The summed E-state index contributed by atoms with van der Waals surface area (Å²) in [6.45, 7) is 0. The van der Waals surface area contributed by atoms with E-state index in [0.29, 0.717) is 0 Å². The average Bonchev–Trinajstić information content (AvgIpc) is 2.83. The van der Waals surface area contributed by atoms with E-state index >= 15 is 0 Å². The van der Waals surface area contributed by atoms with Gasteiger partial charge >= 0.3 is 0 Å². The maximum Gasteiger partial charge on any atom is 0.118 e. The van der Waals surface area contributed by atoms with E-state index < -0.39 is 0 Å². The van der Waals surface area contributed by atoms with Gasteiger partial charge in [-0.3, -0.25) is 0 Å². The van der Waals surface area contributed by atoms with Crippen molar-refractivity contribution in [3.63, 3.8) is 0 Å². The summed E-state index contributed by atoms with van der Waals surface area (Å²) >= 11 is 0. The van der Waals surface area contributed by atoms with Crippen LogP contribution in [0, 0.1) is 0 Å². The highest BCUT2D eigenvalue weighted by Gasteiger charge is 1.92. The predicted molar refractivity (Wildman–Crippen MR) is 67.4 cm³/mol. The van der Waals surface area contributed by atoms with Gasteiger partial charge in [0.1, 0.15) is 5.75 Å². The molecule has 0 fully saturated rings. The second-order valence-electron chi connectivity index (χ2n) is 3.60. The van der Waals surface area contributed by atoms with Crippen LogP contribution in [0.3, 0.4) is 0 Å². The Kier molecular flexibility index (Phi) is 3.42. The van der Waals surface area contributed by atoms with Gasteiger partial charge in [-0.05, 0) is 41.8 Å². The molecule has 0 radical (unpaired) electrons. The number of hydrogen-bond donors (Lipinski definition) is 0. The Morgan fingerprint density at radius 2 is 2.00 bits per heavy atom. The molecule has 1 aromatic carbocycles. The van der Waals surface area contributed by atoms with Crippen LogP contribution in [-0.4, -0.2) is 7.11 Å². The average molecular weight is 210 g/mol. The van der Waals surface area contributed by atoms with Crippen molar-refractivity contribution in [3.8, 4) is 5.75 Å². The van der Waals surface area contributed by atoms with Crippen molar-refractivity contribution in [2.75, 3.05) is 7.11 Å². The van der Waals surface area contributed by atoms with Crippen molar-refractivity contribution in [2.24, 2.45) is 0 Å². The third-order valence-corrected chi connectivity index (χ3v) is 2.43. The zero-order valence-electron chi connectivity index (χ0n) is 9.31. The van der Waals surface area contributed by atoms with Crippen LogP contribution < -0.4 is 4.74 Å². The highest BCUT2D eigenvalue weighted by molar-refractivity contribution is 5.51. The summed E-state index contributed by atoms with van der Waals surface area (Å²) in [6.07, 6.45) is 11.3. The first-order chi connectivity index (χ1) is 7.88. The minimum atomic E-state index is 0.879. The molecule has 0 saturated heterocycles. The van der Waals surface area contributed by atoms with Crippen LogP contribution in [0.15, 0.2) is 59.9 Å². The SMILES string of the molecule is COc1ccc(C=C=CC2=CC=CC2)cc1. The first kappa shape index (κ1) is 10.5. The van der Waals surface area contributed by atoms with Crippen LogP contribution in [0.5, 0.6) is 5.75 Å². The van der Waals surface area contributed by atoms with Crippen molar-refractivity contribution < 1.29 is 4.74 Å². The number of allylic oxidation sites excluding steroid dienone is 5. The van der Waals surface area contributed by atoms with Crippen molar-refractivity contribution in [2.45, 2.75) is 6.42 Å². The molecule has 1 aliphatic rings. The highest BCUT2D eigenvalue weighted by atomic mass is 16.5. The molecule has 0 aliphatic heterocycles. The molecule has 2 rings (SSSR count). The normalized spacial score (nSPS) is 12.9. The van der Waals surface area contributed by atoms with E-state index in [4.69, 9.17) is 4.74 Å². The van der Waals surface area contributed by atoms with E-state index in [0.717, 1.165) is 17.7 Å². The second kappa shape index (κ2) is 5.20. The quantitative estimate of drug-likeness (QED) is 0.690. The van der Waals surface area contributed by atoms with Crippen LogP contribution in [0.25, 0.3) is 6.08 Å². The first-order valence-corrected chi connectivity index (χ1v) is 5.31. The fraction of sp³-hybridized carbons (Fsp3) is 0.133. The Labute approximate surface area is 96.1 Å². The highest BCUT2D eigenvalue weighted by Crippen LogP contribution is 2.13. The van der Waals surface area contributed by atoms with Gasteiger partial charge in [0.25, 0.3) is 0 Å². The van der Waals surface area contributed by atoms with Gasteiger partial charge < -0.3 is 4.74 Å². The first-order valence-electron chi connectivity index (χ1n) is 5.31. The summed E-state index contributed by atoms with van der Waals surface area (Å²) in [4.78, 5) is 0. The topological polar surface area (TPSA) is 9.23 Å². The summed E-state index contributed by atoms with van der Waals surface area (Å²) in [6, 6.07) is 7.93. The minimum absolute atomic E-state index is 0.879. The van der Waals surface area contributed by atoms with Gasteiger partial charge in [0.15, 0.2) is 0 Å². The molecule has 0 unspecified atom stereocenters. The molecule has 1 aromatic rings.